The normalized spacial score (nSPS) is 18.7. The van der Waals surface area contributed by atoms with E-state index in [4.69, 9.17) is 9.84 Å². The van der Waals surface area contributed by atoms with Crippen molar-refractivity contribution >= 4 is 5.97 Å². The Labute approximate surface area is 119 Å². The third kappa shape index (κ3) is 3.49. The predicted octanol–water partition coefficient (Wildman–Crippen LogP) is 1.29. The van der Waals surface area contributed by atoms with Crippen molar-refractivity contribution in [2.24, 2.45) is 0 Å². The number of carboxylic acid groups (broad SMARTS) is 1. The van der Waals surface area contributed by atoms with Gasteiger partial charge in [-0.2, -0.15) is 0 Å². The molecule has 0 amide bonds. The zero-order valence-corrected chi connectivity index (χ0v) is 12.1. The molecule has 0 aliphatic carbocycles. The Bertz CT molecular complexity index is 456. The molecular formula is C15H22N2O3. The largest absolute Gasteiger partial charge is 0.496 e. The number of piperazine rings is 1. The second kappa shape index (κ2) is 6.72. The molecule has 5 heteroatoms. The van der Waals surface area contributed by atoms with Gasteiger partial charge in [0.25, 0.3) is 0 Å². The van der Waals surface area contributed by atoms with Crippen LogP contribution in [0.4, 0.5) is 0 Å². The van der Waals surface area contributed by atoms with Crippen molar-refractivity contribution in [2.75, 3.05) is 33.3 Å². The second-order valence-corrected chi connectivity index (χ2v) is 5.14. The Morgan fingerprint density at radius 1 is 1.30 bits per heavy atom. The molecule has 1 fully saturated rings. The van der Waals surface area contributed by atoms with E-state index in [9.17, 15) is 4.79 Å². The highest BCUT2D eigenvalue weighted by atomic mass is 16.5. The number of rotatable bonds is 5. The molecule has 5 nitrogen and oxygen atoms in total. The lowest BCUT2D eigenvalue weighted by Gasteiger charge is -2.36. The summed E-state index contributed by atoms with van der Waals surface area (Å²) in [7, 11) is 1.69. The molecule has 1 aliphatic rings. The number of carbonyl (C=O) groups is 1. The summed E-state index contributed by atoms with van der Waals surface area (Å²) in [6.45, 7) is 5.95. The van der Waals surface area contributed by atoms with Crippen LogP contribution in [0, 0.1) is 0 Å². The zero-order chi connectivity index (χ0) is 14.5. The van der Waals surface area contributed by atoms with Crippen LogP contribution in [-0.2, 0) is 11.3 Å². The summed E-state index contributed by atoms with van der Waals surface area (Å²) >= 11 is 0. The highest BCUT2D eigenvalue weighted by molar-refractivity contribution is 5.72. The van der Waals surface area contributed by atoms with Gasteiger partial charge in [-0.3, -0.25) is 14.6 Å². The summed E-state index contributed by atoms with van der Waals surface area (Å²) in [5.74, 6) is 0.164. The first-order valence-electron chi connectivity index (χ1n) is 6.93. The number of carboxylic acids is 1. The standard InChI is InChI=1S/C15H22N2O3/c1-12(15(18)19)17-9-7-16(8-10-17)11-13-5-3-4-6-14(13)20-2/h3-6,12H,7-11H2,1-2H3,(H,18,19)/t12-/m0/s1. The number of hydrogen-bond donors (Lipinski definition) is 1. The molecule has 0 unspecified atom stereocenters. The molecule has 1 aromatic rings. The van der Waals surface area contributed by atoms with Crippen molar-refractivity contribution in [2.45, 2.75) is 19.5 Å². The van der Waals surface area contributed by atoms with Gasteiger partial charge in [0, 0.05) is 38.3 Å². The third-order valence-electron chi connectivity index (χ3n) is 3.90. The first-order valence-corrected chi connectivity index (χ1v) is 6.93. The highest BCUT2D eigenvalue weighted by Gasteiger charge is 2.25. The molecule has 0 bridgehead atoms. The van der Waals surface area contributed by atoms with Crippen molar-refractivity contribution < 1.29 is 14.6 Å². The predicted molar refractivity (Wildman–Crippen MR) is 76.9 cm³/mol. The monoisotopic (exact) mass is 278 g/mol. The summed E-state index contributed by atoms with van der Waals surface area (Å²) < 4.78 is 5.36. The van der Waals surface area contributed by atoms with E-state index in [-0.39, 0.29) is 0 Å². The molecule has 1 heterocycles. The van der Waals surface area contributed by atoms with Crippen molar-refractivity contribution in [1.82, 2.24) is 9.80 Å². The highest BCUT2D eigenvalue weighted by Crippen LogP contribution is 2.20. The van der Waals surface area contributed by atoms with Crippen molar-refractivity contribution in [3.8, 4) is 5.75 Å². The Balaban J connectivity index is 1.90. The van der Waals surface area contributed by atoms with Crippen LogP contribution in [0.15, 0.2) is 24.3 Å². The van der Waals surface area contributed by atoms with Crippen LogP contribution in [0.2, 0.25) is 0 Å². The minimum absolute atomic E-state index is 0.400. The number of benzene rings is 1. The van der Waals surface area contributed by atoms with E-state index in [1.807, 2.05) is 23.1 Å². The average Bonchev–Trinajstić information content (AvgIpc) is 2.48. The minimum atomic E-state index is -0.747. The van der Waals surface area contributed by atoms with Crippen LogP contribution in [0.5, 0.6) is 5.75 Å². The first-order chi connectivity index (χ1) is 9.61. The maximum Gasteiger partial charge on any atom is 0.320 e. The number of aliphatic carboxylic acids is 1. The number of ether oxygens (including phenoxy) is 1. The number of nitrogens with zero attached hydrogens (tertiary/aromatic N) is 2. The van der Waals surface area contributed by atoms with Gasteiger partial charge >= 0.3 is 5.97 Å². The van der Waals surface area contributed by atoms with Gasteiger partial charge in [-0.25, -0.2) is 0 Å². The summed E-state index contributed by atoms with van der Waals surface area (Å²) in [6.07, 6.45) is 0. The molecule has 1 atom stereocenters. The lowest BCUT2D eigenvalue weighted by atomic mass is 10.1. The van der Waals surface area contributed by atoms with Crippen LogP contribution in [-0.4, -0.2) is 60.2 Å². The molecule has 110 valence electrons. The minimum Gasteiger partial charge on any atom is -0.496 e. The van der Waals surface area contributed by atoms with E-state index >= 15 is 0 Å². The third-order valence-corrected chi connectivity index (χ3v) is 3.90. The molecule has 1 aromatic carbocycles. The fraction of sp³-hybridized carbons (Fsp3) is 0.533. The summed E-state index contributed by atoms with van der Waals surface area (Å²) in [6, 6.07) is 7.63. The Kier molecular flexibility index (Phi) is 4.98. The Morgan fingerprint density at radius 2 is 1.95 bits per heavy atom. The van der Waals surface area contributed by atoms with E-state index in [0.717, 1.165) is 38.5 Å². The summed E-state index contributed by atoms with van der Waals surface area (Å²) in [5.41, 5.74) is 1.18. The first kappa shape index (κ1) is 14.8. The smallest absolute Gasteiger partial charge is 0.320 e. The van der Waals surface area contributed by atoms with Crippen LogP contribution in [0.3, 0.4) is 0 Å². The molecule has 0 spiro atoms. The molecule has 1 N–H and O–H groups in total. The quantitative estimate of drug-likeness (QED) is 0.879. The molecule has 1 aliphatic heterocycles. The van der Waals surface area contributed by atoms with Gasteiger partial charge in [-0.1, -0.05) is 18.2 Å². The second-order valence-electron chi connectivity index (χ2n) is 5.14. The summed E-state index contributed by atoms with van der Waals surface area (Å²) in [5, 5.41) is 9.03. The van der Waals surface area contributed by atoms with Gasteiger partial charge in [0.05, 0.1) is 7.11 Å². The summed E-state index contributed by atoms with van der Waals surface area (Å²) in [4.78, 5) is 15.3. The van der Waals surface area contributed by atoms with Gasteiger partial charge in [-0.15, -0.1) is 0 Å². The lowest BCUT2D eigenvalue weighted by Crippen LogP contribution is -2.51. The topological polar surface area (TPSA) is 53.0 Å². The van der Waals surface area contributed by atoms with Gasteiger partial charge in [0.1, 0.15) is 11.8 Å². The molecule has 0 radical (unpaired) electrons. The van der Waals surface area contributed by atoms with Gasteiger partial charge in [-0.05, 0) is 13.0 Å². The van der Waals surface area contributed by atoms with E-state index in [0.29, 0.717) is 0 Å². The number of para-hydroxylation sites is 1. The average molecular weight is 278 g/mol. The van der Waals surface area contributed by atoms with Crippen LogP contribution in [0.1, 0.15) is 12.5 Å². The van der Waals surface area contributed by atoms with E-state index < -0.39 is 12.0 Å². The van der Waals surface area contributed by atoms with Gasteiger partial charge < -0.3 is 9.84 Å². The zero-order valence-electron chi connectivity index (χ0n) is 12.1. The van der Waals surface area contributed by atoms with Gasteiger partial charge in [0.2, 0.25) is 0 Å². The van der Waals surface area contributed by atoms with Crippen molar-refractivity contribution in [1.29, 1.82) is 0 Å². The Hall–Kier alpha value is -1.59. The molecule has 20 heavy (non-hydrogen) atoms. The Morgan fingerprint density at radius 3 is 2.55 bits per heavy atom. The van der Waals surface area contributed by atoms with Crippen molar-refractivity contribution in [3.05, 3.63) is 29.8 Å². The fourth-order valence-electron chi connectivity index (χ4n) is 2.54. The van der Waals surface area contributed by atoms with Crippen LogP contribution >= 0.6 is 0 Å². The molecule has 1 saturated heterocycles. The van der Waals surface area contributed by atoms with E-state index in [1.165, 1.54) is 5.56 Å². The van der Waals surface area contributed by atoms with Crippen molar-refractivity contribution in [3.63, 3.8) is 0 Å². The van der Waals surface area contributed by atoms with Crippen LogP contribution in [0.25, 0.3) is 0 Å². The maximum atomic E-state index is 11.0. The van der Waals surface area contributed by atoms with E-state index in [2.05, 4.69) is 11.0 Å². The molecule has 0 saturated carbocycles. The lowest BCUT2D eigenvalue weighted by molar-refractivity contribution is -0.143. The van der Waals surface area contributed by atoms with Crippen LogP contribution < -0.4 is 4.74 Å². The maximum absolute atomic E-state index is 11.0. The number of methoxy groups -OCH3 is 1. The van der Waals surface area contributed by atoms with E-state index in [1.54, 1.807) is 14.0 Å². The molecular weight excluding hydrogens is 256 g/mol. The number of hydrogen-bond acceptors (Lipinski definition) is 4. The SMILES string of the molecule is COc1ccccc1CN1CCN([C@@H](C)C(=O)O)CC1. The fourth-order valence-corrected chi connectivity index (χ4v) is 2.54. The van der Waals surface area contributed by atoms with Gasteiger partial charge in [0.15, 0.2) is 0 Å². The molecule has 2 rings (SSSR count). The molecule has 0 aromatic heterocycles.